The zero-order valence-electron chi connectivity index (χ0n) is 14.0. The molecule has 0 unspecified atom stereocenters. The van der Waals surface area contributed by atoms with Crippen molar-refractivity contribution in [2.24, 2.45) is 0 Å². The van der Waals surface area contributed by atoms with Crippen LogP contribution in [0.4, 0.5) is 11.5 Å². The van der Waals surface area contributed by atoms with Crippen LogP contribution in [0.5, 0.6) is 0 Å². The molecule has 2 aromatic rings. The topological polar surface area (TPSA) is 48.5 Å². The lowest BCUT2D eigenvalue weighted by molar-refractivity contribution is 0.0950. The Balaban J connectivity index is 1.37. The van der Waals surface area contributed by atoms with Gasteiger partial charge in [0.05, 0.1) is 16.3 Å². The highest BCUT2D eigenvalue weighted by molar-refractivity contribution is 6.33. The highest BCUT2D eigenvalue weighted by Gasteiger charge is 2.24. The summed E-state index contributed by atoms with van der Waals surface area (Å²) in [7, 11) is 0. The van der Waals surface area contributed by atoms with Gasteiger partial charge in [0.1, 0.15) is 5.82 Å². The van der Waals surface area contributed by atoms with Gasteiger partial charge in [0.15, 0.2) is 0 Å². The molecule has 1 aromatic heterocycles. The van der Waals surface area contributed by atoms with Gasteiger partial charge in [0.2, 0.25) is 0 Å². The van der Waals surface area contributed by atoms with E-state index < -0.39 is 0 Å². The maximum absolute atomic E-state index is 12.0. The number of para-hydroxylation sites is 1. The summed E-state index contributed by atoms with van der Waals surface area (Å²) in [6.45, 7) is 3.56. The van der Waals surface area contributed by atoms with E-state index in [0.29, 0.717) is 11.6 Å². The number of aromatic nitrogens is 1. The fourth-order valence-electron chi connectivity index (χ4n) is 3.09. The SMILES string of the molecule is O=C(NC1CC1)c1ccc(N2CCN(c3ccccc3Cl)CC2)nc1. The first-order valence-corrected chi connectivity index (χ1v) is 9.10. The van der Waals surface area contributed by atoms with Crippen LogP contribution in [0.3, 0.4) is 0 Å². The van der Waals surface area contributed by atoms with Crippen molar-refractivity contribution in [3.8, 4) is 0 Å². The summed E-state index contributed by atoms with van der Waals surface area (Å²) in [4.78, 5) is 21.1. The minimum absolute atomic E-state index is 0.0231. The number of carbonyl (C=O) groups excluding carboxylic acids is 1. The lowest BCUT2D eigenvalue weighted by Gasteiger charge is -2.37. The van der Waals surface area contributed by atoms with E-state index in [0.717, 1.165) is 55.5 Å². The Morgan fingerprint density at radius 1 is 1.04 bits per heavy atom. The Hall–Kier alpha value is -2.27. The second-order valence-electron chi connectivity index (χ2n) is 6.58. The van der Waals surface area contributed by atoms with Gasteiger partial charge >= 0.3 is 0 Å². The van der Waals surface area contributed by atoms with E-state index >= 15 is 0 Å². The average molecular weight is 357 g/mol. The van der Waals surface area contributed by atoms with Gasteiger partial charge in [-0.05, 0) is 37.1 Å². The number of nitrogens with zero attached hydrogens (tertiary/aromatic N) is 3. The minimum atomic E-state index is -0.0231. The molecule has 1 saturated heterocycles. The summed E-state index contributed by atoms with van der Waals surface area (Å²) in [5, 5.41) is 3.78. The number of nitrogens with one attached hydrogen (secondary N) is 1. The van der Waals surface area contributed by atoms with E-state index in [1.165, 1.54) is 0 Å². The lowest BCUT2D eigenvalue weighted by atomic mass is 10.2. The van der Waals surface area contributed by atoms with Crippen LogP contribution in [-0.2, 0) is 0 Å². The minimum Gasteiger partial charge on any atom is -0.367 e. The number of carbonyl (C=O) groups is 1. The molecule has 1 N–H and O–H groups in total. The van der Waals surface area contributed by atoms with Crippen molar-refractivity contribution in [2.45, 2.75) is 18.9 Å². The zero-order valence-corrected chi connectivity index (χ0v) is 14.7. The first kappa shape index (κ1) is 16.2. The Morgan fingerprint density at radius 3 is 2.40 bits per heavy atom. The molecule has 2 fully saturated rings. The molecular formula is C19H21ClN4O. The van der Waals surface area contributed by atoms with Crippen molar-refractivity contribution < 1.29 is 4.79 Å². The summed E-state index contributed by atoms with van der Waals surface area (Å²) in [5.74, 6) is 0.895. The van der Waals surface area contributed by atoms with Crippen LogP contribution in [0, 0.1) is 0 Å². The summed E-state index contributed by atoms with van der Waals surface area (Å²) in [5.41, 5.74) is 1.72. The van der Waals surface area contributed by atoms with Crippen molar-refractivity contribution in [1.29, 1.82) is 0 Å². The summed E-state index contributed by atoms with van der Waals surface area (Å²) < 4.78 is 0. The third-order valence-corrected chi connectivity index (χ3v) is 5.04. The third kappa shape index (κ3) is 3.71. The molecule has 25 heavy (non-hydrogen) atoms. The zero-order chi connectivity index (χ0) is 17.2. The number of benzene rings is 1. The van der Waals surface area contributed by atoms with E-state index in [9.17, 15) is 4.79 Å². The molecular weight excluding hydrogens is 336 g/mol. The number of hydrogen-bond acceptors (Lipinski definition) is 4. The van der Waals surface area contributed by atoms with Crippen molar-refractivity contribution in [2.75, 3.05) is 36.0 Å². The number of piperazine rings is 1. The van der Waals surface area contributed by atoms with Crippen LogP contribution in [0.2, 0.25) is 5.02 Å². The van der Waals surface area contributed by atoms with Crippen molar-refractivity contribution >= 4 is 29.0 Å². The predicted molar refractivity (Wildman–Crippen MR) is 101 cm³/mol. The molecule has 0 spiro atoms. The molecule has 4 rings (SSSR count). The van der Waals surface area contributed by atoms with Crippen molar-refractivity contribution in [3.63, 3.8) is 0 Å². The normalized spacial score (nSPS) is 17.5. The maximum Gasteiger partial charge on any atom is 0.253 e. The first-order chi connectivity index (χ1) is 12.2. The monoisotopic (exact) mass is 356 g/mol. The molecule has 1 aliphatic heterocycles. The van der Waals surface area contributed by atoms with E-state index in [1.54, 1.807) is 6.20 Å². The molecule has 0 atom stereocenters. The van der Waals surface area contributed by atoms with Gasteiger partial charge in [-0.2, -0.15) is 0 Å². The maximum atomic E-state index is 12.0. The summed E-state index contributed by atoms with van der Waals surface area (Å²) in [6.07, 6.45) is 3.85. The number of amides is 1. The Morgan fingerprint density at radius 2 is 1.76 bits per heavy atom. The number of rotatable bonds is 4. The molecule has 2 aliphatic rings. The van der Waals surface area contributed by atoms with Crippen LogP contribution in [0.15, 0.2) is 42.6 Å². The molecule has 6 heteroatoms. The largest absolute Gasteiger partial charge is 0.367 e. The van der Waals surface area contributed by atoms with E-state index in [-0.39, 0.29) is 5.91 Å². The quantitative estimate of drug-likeness (QED) is 0.915. The Bertz CT molecular complexity index is 752. The second-order valence-corrected chi connectivity index (χ2v) is 6.99. The third-order valence-electron chi connectivity index (χ3n) is 4.72. The fraction of sp³-hybridized carbons (Fsp3) is 0.368. The Labute approximate surface area is 152 Å². The molecule has 5 nitrogen and oxygen atoms in total. The van der Waals surface area contributed by atoms with Gasteiger partial charge in [0, 0.05) is 38.4 Å². The van der Waals surface area contributed by atoms with Crippen LogP contribution >= 0.6 is 11.6 Å². The summed E-state index contributed by atoms with van der Waals surface area (Å²) in [6, 6.07) is 12.1. The van der Waals surface area contributed by atoms with Gasteiger partial charge in [-0.15, -0.1) is 0 Å². The smallest absolute Gasteiger partial charge is 0.253 e. The van der Waals surface area contributed by atoms with E-state index in [2.05, 4.69) is 26.2 Å². The predicted octanol–water partition coefficient (Wildman–Crippen LogP) is 2.95. The van der Waals surface area contributed by atoms with E-state index in [4.69, 9.17) is 11.6 Å². The average Bonchev–Trinajstić information content (AvgIpc) is 3.46. The van der Waals surface area contributed by atoms with E-state index in [1.807, 2.05) is 30.3 Å². The number of halogens is 1. The number of hydrogen-bond donors (Lipinski definition) is 1. The lowest BCUT2D eigenvalue weighted by Crippen LogP contribution is -2.47. The summed E-state index contributed by atoms with van der Waals surface area (Å²) >= 11 is 6.29. The molecule has 1 saturated carbocycles. The first-order valence-electron chi connectivity index (χ1n) is 8.72. The fourth-order valence-corrected chi connectivity index (χ4v) is 3.34. The number of anilines is 2. The van der Waals surface area contributed by atoms with Crippen molar-refractivity contribution in [3.05, 3.63) is 53.2 Å². The highest BCUT2D eigenvalue weighted by Crippen LogP contribution is 2.27. The molecule has 130 valence electrons. The van der Waals surface area contributed by atoms with Crippen molar-refractivity contribution in [1.82, 2.24) is 10.3 Å². The molecule has 1 amide bonds. The Kier molecular flexibility index (Phi) is 4.49. The molecule has 0 bridgehead atoms. The van der Waals surface area contributed by atoms with Crippen LogP contribution in [0.1, 0.15) is 23.2 Å². The molecule has 1 aromatic carbocycles. The molecule has 1 aliphatic carbocycles. The number of pyridine rings is 1. The van der Waals surface area contributed by atoms with Gasteiger partial charge in [0.25, 0.3) is 5.91 Å². The second kappa shape index (κ2) is 6.92. The van der Waals surface area contributed by atoms with Crippen LogP contribution < -0.4 is 15.1 Å². The highest BCUT2D eigenvalue weighted by atomic mass is 35.5. The molecule has 0 radical (unpaired) electrons. The van der Waals surface area contributed by atoms with Gasteiger partial charge in [-0.3, -0.25) is 4.79 Å². The standard InChI is InChI=1S/C19H21ClN4O/c20-16-3-1-2-4-17(16)23-9-11-24(12-10-23)18-8-5-14(13-21-18)19(25)22-15-6-7-15/h1-5,8,13,15H,6-7,9-12H2,(H,22,25). The van der Waals surface area contributed by atoms with Gasteiger partial charge < -0.3 is 15.1 Å². The van der Waals surface area contributed by atoms with Crippen LogP contribution in [-0.4, -0.2) is 43.1 Å². The van der Waals surface area contributed by atoms with Gasteiger partial charge in [-0.25, -0.2) is 4.98 Å². The molecule has 2 heterocycles. The van der Waals surface area contributed by atoms with Crippen LogP contribution in [0.25, 0.3) is 0 Å². The van der Waals surface area contributed by atoms with Gasteiger partial charge in [-0.1, -0.05) is 23.7 Å².